The fourth-order valence-electron chi connectivity index (χ4n) is 2.77. The zero-order valence-electron chi connectivity index (χ0n) is 18.2. The molecule has 5 nitrogen and oxygen atoms in total. The maximum Gasteiger partial charge on any atom is 0.167 e. The number of aromatic nitrogens is 1. The average molecular weight is 403 g/mol. The Morgan fingerprint density at radius 1 is 1.10 bits per heavy atom. The molecule has 0 unspecified atom stereocenters. The van der Waals surface area contributed by atoms with E-state index in [1.54, 1.807) is 0 Å². The molecule has 5 heteroatoms. The molecule has 30 heavy (non-hydrogen) atoms. The molecule has 0 radical (unpaired) electrons. The maximum atomic E-state index is 8.70. The van der Waals surface area contributed by atoms with E-state index in [4.69, 9.17) is 9.78 Å². The summed E-state index contributed by atoms with van der Waals surface area (Å²) in [7, 11) is 0. The van der Waals surface area contributed by atoms with E-state index in [9.17, 15) is 0 Å². The van der Waals surface area contributed by atoms with Crippen LogP contribution in [0.1, 0.15) is 38.8 Å². The second-order valence-electron chi connectivity index (χ2n) is 6.88. The van der Waals surface area contributed by atoms with Crippen LogP contribution < -0.4 is 10.6 Å². The van der Waals surface area contributed by atoms with Crippen molar-refractivity contribution in [2.75, 3.05) is 6.54 Å². The summed E-state index contributed by atoms with van der Waals surface area (Å²) in [5.74, 6) is 0.727. The molecule has 0 amide bonds. The van der Waals surface area contributed by atoms with Crippen LogP contribution in [0.2, 0.25) is 0 Å². The van der Waals surface area contributed by atoms with E-state index >= 15 is 0 Å². The van der Waals surface area contributed by atoms with Gasteiger partial charge >= 0.3 is 0 Å². The molecule has 3 rings (SSSR count). The van der Waals surface area contributed by atoms with Crippen LogP contribution >= 0.6 is 0 Å². The minimum Gasteiger partial charge on any atom is -0.372 e. The highest BCUT2D eigenvalue weighted by Gasteiger charge is 2.10. The van der Waals surface area contributed by atoms with Crippen LogP contribution in [0.3, 0.4) is 0 Å². The first-order chi connectivity index (χ1) is 14.6. The van der Waals surface area contributed by atoms with Crippen LogP contribution in [-0.4, -0.2) is 17.7 Å². The van der Waals surface area contributed by atoms with Gasteiger partial charge in [0.05, 0.1) is 6.07 Å². The Kier molecular flexibility index (Phi) is 8.86. The summed E-state index contributed by atoms with van der Waals surface area (Å²) < 4.78 is 5.56. The summed E-state index contributed by atoms with van der Waals surface area (Å²) in [6, 6.07) is 20.6. The van der Waals surface area contributed by atoms with Gasteiger partial charge in [0.2, 0.25) is 0 Å². The smallest absolute Gasteiger partial charge is 0.167 e. The lowest BCUT2D eigenvalue weighted by atomic mass is 10.0. The van der Waals surface area contributed by atoms with Gasteiger partial charge in [-0.05, 0) is 17.2 Å². The third-order valence-corrected chi connectivity index (χ3v) is 4.35. The van der Waals surface area contributed by atoms with E-state index in [0.717, 1.165) is 34.7 Å². The molecular formula is C25H30N4O. The Balaban J connectivity index is 0.00000155. The minimum absolute atomic E-state index is 0.222. The Morgan fingerprint density at radius 3 is 2.50 bits per heavy atom. The van der Waals surface area contributed by atoms with Gasteiger partial charge in [-0.2, -0.15) is 5.26 Å². The van der Waals surface area contributed by atoms with Gasteiger partial charge in [-0.15, -0.1) is 0 Å². The first-order valence-corrected chi connectivity index (χ1v) is 10.3. The van der Waals surface area contributed by atoms with Crippen LogP contribution in [-0.2, 0) is 6.54 Å². The van der Waals surface area contributed by atoms with Gasteiger partial charge < -0.3 is 15.2 Å². The lowest BCUT2D eigenvalue weighted by Crippen LogP contribution is -2.21. The topological polar surface area (TPSA) is 73.9 Å². The predicted octanol–water partition coefficient (Wildman–Crippen LogP) is 5.62. The van der Waals surface area contributed by atoms with Crippen molar-refractivity contribution in [1.29, 1.82) is 5.26 Å². The monoisotopic (exact) mass is 402 g/mol. The fourth-order valence-corrected chi connectivity index (χ4v) is 2.77. The number of nitrogens with one attached hydrogen (secondary N) is 2. The van der Waals surface area contributed by atoms with Crippen LogP contribution in [0.15, 0.2) is 65.7 Å². The first kappa shape index (κ1) is 22.9. The zero-order chi connectivity index (χ0) is 21.9. The van der Waals surface area contributed by atoms with Crippen LogP contribution in [0.25, 0.3) is 28.3 Å². The van der Waals surface area contributed by atoms with Crippen molar-refractivity contribution in [2.24, 2.45) is 0 Å². The summed E-state index contributed by atoms with van der Waals surface area (Å²) in [5, 5.41) is 19.3. The number of rotatable bonds is 8. The summed E-state index contributed by atoms with van der Waals surface area (Å²) in [6.07, 6.45) is 0. The molecule has 0 bridgehead atoms. The summed E-state index contributed by atoms with van der Waals surface area (Å²) in [5.41, 5.74) is 5.54. The van der Waals surface area contributed by atoms with Crippen LogP contribution in [0.4, 0.5) is 0 Å². The molecule has 0 spiro atoms. The first-order valence-electron chi connectivity index (χ1n) is 10.3. The van der Waals surface area contributed by atoms with Gasteiger partial charge in [-0.1, -0.05) is 81.9 Å². The molecule has 1 heterocycles. The predicted molar refractivity (Wildman–Crippen MR) is 123 cm³/mol. The highest BCUT2D eigenvalue weighted by Crippen LogP contribution is 2.27. The third kappa shape index (κ3) is 6.33. The Bertz CT molecular complexity index is 981. The van der Waals surface area contributed by atoms with Crippen molar-refractivity contribution in [1.82, 2.24) is 15.8 Å². The van der Waals surface area contributed by atoms with Crippen LogP contribution in [0, 0.1) is 11.3 Å². The number of nitriles is 1. The van der Waals surface area contributed by atoms with Gasteiger partial charge in [0.15, 0.2) is 5.76 Å². The standard InChI is InChI=1S/C23H24N4O.C2H6/c1-16(2)26-15-18-7-9-19(10-8-18)23-14-22(27-28-23)21-6-4-5-20(13-21)17(3)25-12-11-24;1-2/h4-10,13-14,16,25-26H,3,12,15H2,1-2H3;1-2H3. The molecule has 2 aromatic carbocycles. The van der Waals surface area contributed by atoms with E-state index in [-0.39, 0.29) is 6.54 Å². The third-order valence-electron chi connectivity index (χ3n) is 4.35. The van der Waals surface area contributed by atoms with Gasteiger partial charge in [0, 0.05) is 35.5 Å². The molecule has 0 aliphatic carbocycles. The molecule has 0 saturated heterocycles. The molecule has 3 aromatic rings. The van der Waals surface area contributed by atoms with Crippen molar-refractivity contribution < 1.29 is 4.52 Å². The highest BCUT2D eigenvalue weighted by molar-refractivity contribution is 5.71. The summed E-state index contributed by atoms with van der Waals surface area (Å²) in [4.78, 5) is 0. The normalized spacial score (nSPS) is 10.1. The summed E-state index contributed by atoms with van der Waals surface area (Å²) in [6.45, 7) is 13.3. The van der Waals surface area contributed by atoms with E-state index in [0.29, 0.717) is 11.7 Å². The number of benzene rings is 2. The molecule has 0 aliphatic heterocycles. The minimum atomic E-state index is 0.222. The van der Waals surface area contributed by atoms with Gasteiger partial charge in [-0.25, -0.2) is 0 Å². The fraction of sp³-hybridized carbons (Fsp3) is 0.280. The van der Waals surface area contributed by atoms with Crippen molar-refractivity contribution >= 4 is 5.70 Å². The zero-order valence-corrected chi connectivity index (χ0v) is 18.2. The Hall–Kier alpha value is -3.36. The molecule has 156 valence electrons. The van der Waals surface area contributed by atoms with Crippen molar-refractivity contribution in [3.63, 3.8) is 0 Å². The highest BCUT2D eigenvalue weighted by atomic mass is 16.5. The molecule has 1 aromatic heterocycles. The number of hydrogen-bond acceptors (Lipinski definition) is 5. The van der Waals surface area contributed by atoms with Crippen molar-refractivity contribution in [3.05, 3.63) is 72.3 Å². The van der Waals surface area contributed by atoms with E-state index < -0.39 is 0 Å². The second kappa shape index (κ2) is 11.6. The molecule has 0 atom stereocenters. The van der Waals surface area contributed by atoms with E-state index in [1.165, 1.54) is 5.56 Å². The number of nitrogens with zero attached hydrogens (tertiary/aromatic N) is 2. The average Bonchev–Trinajstić information content (AvgIpc) is 3.28. The second-order valence-corrected chi connectivity index (χ2v) is 6.88. The summed E-state index contributed by atoms with van der Waals surface area (Å²) >= 11 is 0. The molecule has 0 saturated carbocycles. The van der Waals surface area contributed by atoms with Crippen molar-refractivity contribution in [3.8, 4) is 28.7 Å². The van der Waals surface area contributed by atoms with Gasteiger partial charge in [-0.3, -0.25) is 0 Å². The van der Waals surface area contributed by atoms with Crippen LogP contribution in [0.5, 0.6) is 0 Å². The maximum absolute atomic E-state index is 8.70. The molecule has 0 aliphatic rings. The Labute approximate surface area is 179 Å². The van der Waals surface area contributed by atoms with Gasteiger partial charge in [0.25, 0.3) is 0 Å². The molecule has 2 N–H and O–H groups in total. The molecule has 0 fully saturated rings. The Morgan fingerprint density at radius 2 is 1.83 bits per heavy atom. The van der Waals surface area contributed by atoms with Crippen molar-refractivity contribution in [2.45, 2.75) is 40.3 Å². The quantitative estimate of drug-likeness (QED) is 0.479. The van der Waals surface area contributed by atoms with Gasteiger partial charge in [0.1, 0.15) is 12.2 Å². The molecular weight excluding hydrogens is 372 g/mol. The SMILES string of the molecule is C=C(NCC#N)c1cccc(-c2cc(-c3ccc(CNC(C)C)cc3)on2)c1.CC. The largest absolute Gasteiger partial charge is 0.372 e. The lowest BCUT2D eigenvalue weighted by Gasteiger charge is -2.08. The van der Waals surface area contributed by atoms with E-state index in [1.807, 2.05) is 56.3 Å². The lowest BCUT2D eigenvalue weighted by molar-refractivity contribution is 0.435. The number of hydrogen-bond donors (Lipinski definition) is 2. The van der Waals surface area contributed by atoms with E-state index in [2.05, 4.69) is 54.4 Å².